The second kappa shape index (κ2) is 7.31. The average Bonchev–Trinajstić information content (AvgIpc) is 2.94. The molecule has 1 aliphatic heterocycles. The lowest BCUT2D eigenvalue weighted by molar-refractivity contribution is -0.134. The maximum atomic E-state index is 12.6. The molecule has 1 fully saturated rings. The molecular weight excluding hydrogens is 327 g/mol. The number of rotatable bonds is 4. The minimum absolute atomic E-state index is 0.104. The van der Waals surface area contributed by atoms with Crippen LogP contribution in [0.3, 0.4) is 0 Å². The Morgan fingerprint density at radius 1 is 1.32 bits per heavy atom. The van der Waals surface area contributed by atoms with Gasteiger partial charge in [-0.05, 0) is 31.0 Å². The molecule has 1 atom stereocenters. The quantitative estimate of drug-likeness (QED) is 0.909. The first-order chi connectivity index (χ1) is 10.4. The minimum atomic E-state index is -0.498. The van der Waals surface area contributed by atoms with Crippen molar-refractivity contribution in [2.75, 3.05) is 26.7 Å². The number of nitrogens with zero attached hydrogens (tertiary/aromatic N) is 2. The molecular formula is C15H18Cl2N2O3. The van der Waals surface area contributed by atoms with Crippen molar-refractivity contribution in [3.63, 3.8) is 0 Å². The van der Waals surface area contributed by atoms with Crippen molar-refractivity contribution in [2.24, 2.45) is 0 Å². The zero-order valence-electron chi connectivity index (χ0n) is 12.3. The molecule has 0 spiro atoms. The van der Waals surface area contributed by atoms with E-state index in [9.17, 15) is 9.59 Å². The van der Waals surface area contributed by atoms with E-state index in [2.05, 4.69) is 0 Å². The summed E-state index contributed by atoms with van der Waals surface area (Å²) >= 11 is 11.9. The number of halogens is 2. The van der Waals surface area contributed by atoms with Crippen LogP contribution in [0.5, 0.6) is 0 Å². The van der Waals surface area contributed by atoms with Gasteiger partial charge >= 0.3 is 0 Å². The molecule has 1 N–H and O–H groups in total. The third kappa shape index (κ3) is 3.72. The van der Waals surface area contributed by atoms with Crippen molar-refractivity contribution in [2.45, 2.75) is 18.9 Å². The molecule has 1 aromatic carbocycles. The van der Waals surface area contributed by atoms with Gasteiger partial charge < -0.3 is 14.9 Å². The number of amides is 2. The van der Waals surface area contributed by atoms with Gasteiger partial charge in [0.1, 0.15) is 6.04 Å². The molecule has 1 aromatic rings. The van der Waals surface area contributed by atoms with E-state index in [-0.39, 0.29) is 25.0 Å². The van der Waals surface area contributed by atoms with Crippen LogP contribution in [-0.4, -0.2) is 59.5 Å². The van der Waals surface area contributed by atoms with Crippen LogP contribution >= 0.6 is 23.2 Å². The fourth-order valence-electron chi connectivity index (χ4n) is 2.62. The van der Waals surface area contributed by atoms with E-state index in [4.69, 9.17) is 28.3 Å². The number of benzene rings is 1. The standard InChI is InChI=1S/C15H18Cl2N2O3/c1-18(5-6-20)15(22)13-3-2-4-19(13)14(21)10-7-11(16)9-12(17)8-10/h7-9,13,20H,2-6H2,1H3. The highest BCUT2D eigenvalue weighted by Crippen LogP contribution is 2.25. The SMILES string of the molecule is CN(CCO)C(=O)C1CCCN1C(=O)c1cc(Cl)cc(Cl)c1. The first-order valence-corrected chi connectivity index (χ1v) is 7.82. The van der Waals surface area contributed by atoms with Gasteiger partial charge in [0.25, 0.3) is 5.91 Å². The number of carbonyl (C=O) groups is 2. The van der Waals surface area contributed by atoms with Crippen molar-refractivity contribution >= 4 is 35.0 Å². The second-order valence-corrected chi connectivity index (χ2v) is 6.17. The predicted molar refractivity (Wildman–Crippen MR) is 85.2 cm³/mol. The fraction of sp³-hybridized carbons (Fsp3) is 0.467. The molecule has 1 saturated heterocycles. The highest BCUT2D eigenvalue weighted by molar-refractivity contribution is 6.35. The van der Waals surface area contributed by atoms with Crippen molar-refractivity contribution in [1.29, 1.82) is 0 Å². The number of hydrogen-bond donors (Lipinski definition) is 1. The van der Waals surface area contributed by atoms with Gasteiger partial charge in [0.2, 0.25) is 5.91 Å². The van der Waals surface area contributed by atoms with Gasteiger partial charge in [-0.3, -0.25) is 9.59 Å². The van der Waals surface area contributed by atoms with Crippen LogP contribution in [0.25, 0.3) is 0 Å². The monoisotopic (exact) mass is 344 g/mol. The highest BCUT2D eigenvalue weighted by Gasteiger charge is 2.36. The molecule has 2 amide bonds. The Morgan fingerprint density at radius 3 is 2.55 bits per heavy atom. The summed E-state index contributed by atoms with van der Waals surface area (Å²) in [5, 5.41) is 9.71. The molecule has 1 aliphatic rings. The molecule has 0 saturated carbocycles. The highest BCUT2D eigenvalue weighted by atomic mass is 35.5. The van der Waals surface area contributed by atoms with Crippen LogP contribution in [0.15, 0.2) is 18.2 Å². The molecule has 0 radical (unpaired) electrons. The van der Waals surface area contributed by atoms with E-state index in [0.717, 1.165) is 6.42 Å². The van der Waals surface area contributed by atoms with Crippen LogP contribution in [0, 0.1) is 0 Å². The molecule has 120 valence electrons. The van der Waals surface area contributed by atoms with E-state index in [1.54, 1.807) is 30.1 Å². The van der Waals surface area contributed by atoms with E-state index >= 15 is 0 Å². The molecule has 1 heterocycles. The zero-order valence-corrected chi connectivity index (χ0v) is 13.8. The van der Waals surface area contributed by atoms with Crippen molar-refractivity contribution in [1.82, 2.24) is 9.80 Å². The Kier molecular flexibility index (Phi) is 5.67. The van der Waals surface area contributed by atoms with Gasteiger partial charge in [0, 0.05) is 35.7 Å². The number of carbonyl (C=O) groups excluding carboxylic acids is 2. The van der Waals surface area contributed by atoms with Crippen LogP contribution in [0.2, 0.25) is 10.0 Å². The summed E-state index contributed by atoms with van der Waals surface area (Å²) in [6, 6.07) is 4.16. The maximum absolute atomic E-state index is 12.6. The van der Waals surface area contributed by atoms with Crippen molar-refractivity contribution in [3.8, 4) is 0 Å². The Hall–Kier alpha value is -1.30. The first kappa shape index (κ1) is 17.1. The molecule has 0 aliphatic carbocycles. The number of hydrogen-bond acceptors (Lipinski definition) is 3. The Bertz CT molecular complexity index is 560. The van der Waals surface area contributed by atoms with Crippen molar-refractivity contribution in [3.05, 3.63) is 33.8 Å². The summed E-state index contributed by atoms with van der Waals surface area (Å²) in [5.41, 5.74) is 0.377. The van der Waals surface area contributed by atoms with Gasteiger partial charge in [0.15, 0.2) is 0 Å². The lowest BCUT2D eigenvalue weighted by Crippen LogP contribution is -2.47. The average molecular weight is 345 g/mol. The molecule has 0 aromatic heterocycles. The predicted octanol–water partition coefficient (Wildman–Crippen LogP) is 2.05. The lowest BCUT2D eigenvalue weighted by atomic mass is 10.1. The largest absolute Gasteiger partial charge is 0.395 e. The summed E-state index contributed by atoms with van der Waals surface area (Å²) in [6.07, 6.45) is 1.39. The Morgan fingerprint density at radius 2 is 1.95 bits per heavy atom. The Balaban J connectivity index is 2.19. The maximum Gasteiger partial charge on any atom is 0.254 e. The smallest absolute Gasteiger partial charge is 0.254 e. The third-order valence-electron chi connectivity index (χ3n) is 3.72. The van der Waals surface area contributed by atoms with Gasteiger partial charge in [-0.25, -0.2) is 0 Å². The van der Waals surface area contributed by atoms with Gasteiger partial charge in [-0.15, -0.1) is 0 Å². The van der Waals surface area contributed by atoms with Gasteiger partial charge in [-0.2, -0.15) is 0 Å². The molecule has 7 heteroatoms. The summed E-state index contributed by atoms with van der Waals surface area (Å²) in [5.74, 6) is -0.411. The third-order valence-corrected chi connectivity index (χ3v) is 4.16. The normalized spacial score (nSPS) is 17.6. The van der Waals surface area contributed by atoms with E-state index < -0.39 is 6.04 Å². The summed E-state index contributed by atoms with van der Waals surface area (Å²) in [7, 11) is 1.62. The van der Waals surface area contributed by atoms with Crippen LogP contribution < -0.4 is 0 Å². The molecule has 22 heavy (non-hydrogen) atoms. The number of likely N-dealkylation sites (tertiary alicyclic amines) is 1. The summed E-state index contributed by atoms with van der Waals surface area (Å²) < 4.78 is 0. The van der Waals surface area contributed by atoms with Crippen LogP contribution in [0.1, 0.15) is 23.2 Å². The first-order valence-electron chi connectivity index (χ1n) is 7.07. The fourth-order valence-corrected chi connectivity index (χ4v) is 3.15. The second-order valence-electron chi connectivity index (χ2n) is 5.30. The molecule has 0 bridgehead atoms. The number of aliphatic hydroxyl groups excluding tert-OH is 1. The lowest BCUT2D eigenvalue weighted by Gasteiger charge is -2.28. The van der Waals surface area contributed by atoms with Crippen LogP contribution in [-0.2, 0) is 4.79 Å². The summed E-state index contributed by atoms with van der Waals surface area (Å²) in [6.45, 7) is 0.666. The molecule has 5 nitrogen and oxygen atoms in total. The van der Waals surface area contributed by atoms with Gasteiger partial charge in [-0.1, -0.05) is 23.2 Å². The summed E-state index contributed by atoms with van der Waals surface area (Å²) in [4.78, 5) is 28.0. The van der Waals surface area contributed by atoms with Gasteiger partial charge in [0.05, 0.1) is 6.61 Å². The number of aliphatic hydroxyl groups is 1. The molecule has 2 rings (SSSR count). The topological polar surface area (TPSA) is 60.9 Å². The van der Waals surface area contributed by atoms with Crippen LogP contribution in [0.4, 0.5) is 0 Å². The van der Waals surface area contributed by atoms with E-state index in [1.807, 2.05) is 0 Å². The van der Waals surface area contributed by atoms with Crippen molar-refractivity contribution < 1.29 is 14.7 Å². The molecule has 1 unspecified atom stereocenters. The minimum Gasteiger partial charge on any atom is -0.395 e. The number of likely N-dealkylation sites (N-methyl/N-ethyl adjacent to an activating group) is 1. The zero-order chi connectivity index (χ0) is 16.3. The Labute approximate surface area is 139 Å². The van der Waals surface area contributed by atoms with E-state index in [0.29, 0.717) is 28.6 Å². The van der Waals surface area contributed by atoms with E-state index in [1.165, 1.54) is 4.90 Å².